The average Bonchev–Trinajstić information content (AvgIpc) is 2.62. The summed E-state index contributed by atoms with van der Waals surface area (Å²) in [6.45, 7) is 1.92. The van der Waals surface area contributed by atoms with Crippen LogP contribution in [0.4, 0.5) is 0 Å². The summed E-state index contributed by atoms with van der Waals surface area (Å²) in [5.41, 5.74) is 5.80. The lowest BCUT2D eigenvalue weighted by Gasteiger charge is -2.08. The molecular weight excluding hydrogens is 280 g/mol. The molecule has 0 aliphatic rings. The number of fused-ring (bicyclic) bond motifs is 1. The van der Waals surface area contributed by atoms with Gasteiger partial charge in [0.1, 0.15) is 5.82 Å². The van der Waals surface area contributed by atoms with Crippen molar-refractivity contribution in [2.24, 2.45) is 0 Å². The van der Waals surface area contributed by atoms with Gasteiger partial charge in [-0.3, -0.25) is 0 Å². The lowest BCUT2D eigenvalue weighted by Crippen LogP contribution is -1.90. The van der Waals surface area contributed by atoms with E-state index in [0.29, 0.717) is 0 Å². The predicted octanol–water partition coefficient (Wildman–Crippen LogP) is 5.27. The van der Waals surface area contributed by atoms with Gasteiger partial charge in [0, 0.05) is 11.6 Å². The zero-order valence-corrected chi connectivity index (χ0v) is 12.9. The van der Waals surface area contributed by atoms with E-state index in [1.807, 2.05) is 25.3 Å². The van der Waals surface area contributed by atoms with E-state index in [9.17, 15) is 0 Å². The Morgan fingerprint density at radius 1 is 0.652 bits per heavy atom. The standard InChI is InChI=1S/C21H16N2/c1-15-22-14-20-19(8-5-9-21(20)23-15)18-12-10-17(11-13-18)16-6-3-2-4-7-16/h2-14H,1H3. The van der Waals surface area contributed by atoms with E-state index in [0.717, 1.165) is 16.7 Å². The van der Waals surface area contributed by atoms with Crippen molar-refractivity contribution in [3.05, 3.63) is 84.8 Å². The Bertz CT molecular complexity index is 958. The minimum absolute atomic E-state index is 0.800. The molecule has 0 aliphatic heterocycles. The molecule has 1 aromatic heterocycles. The lowest BCUT2D eigenvalue weighted by molar-refractivity contribution is 1.09. The molecule has 0 fully saturated rings. The maximum atomic E-state index is 4.52. The molecule has 0 bridgehead atoms. The zero-order chi connectivity index (χ0) is 15.6. The normalized spacial score (nSPS) is 10.8. The topological polar surface area (TPSA) is 25.8 Å². The van der Waals surface area contributed by atoms with Gasteiger partial charge in [0.25, 0.3) is 0 Å². The van der Waals surface area contributed by atoms with Gasteiger partial charge in [0.05, 0.1) is 5.52 Å². The smallest absolute Gasteiger partial charge is 0.125 e. The number of hydrogen-bond donors (Lipinski definition) is 0. The van der Waals surface area contributed by atoms with E-state index in [2.05, 4.69) is 70.6 Å². The van der Waals surface area contributed by atoms with Gasteiger partial charge in [-0.2, -0.15) is 0 Å². The Hall–Kier alpha value is -3.00. The molecule has 4 aromatic rings. The number of aryl methyl sites for hydroxylation is 1. The van der Waals surface area contributed by atoms with Crippen molar-refractivity contribution in [1.82, 2.24) is 9.97 Å². The number of hydrogen-bond acceptors (Lipinski definition) is 2. The molecule has 23 heavy (non-hydrogen) atoms. The van der Waals surface area contributed by atoms with Gasteiger partial charge in [-0.25, -0.2) is 9.97 Å². The highest BCUT2D eigenvalue weighted by molar-refractivity contribution is 5.94. The molecule has 0 atom stereocenters. The van der Waals surface area contributed by atoms with Crippen LogP contribution >= 0.6 is 0 Å². The van der Waals surface area contributed by atoms with Crippen LogP contribution in [0.25, 0.3) is 33.2 Å². The summed E-state index contributed by atoms with van der Waals surface area (Å²) >= 11 is 0. The molecule has 0 radical (unpaired) electrons. The highest BCUT2D eigenvalue weighted by atomic mass is 14.9. The maximum Gasteiger partial charge on any atom is 0.125 e. The largest absolute Gasteiger partial charge is 0.241 e. The van der Waals surface area contributed by atoms with E-state index in [1.165, 1.54) is 22.3 Å². The van der Waals surface area contributed by atoms with Crippen LogP contribution in [-0.4, -0.2) is 9.97 Å². The van der Waals surface area contributed by atoms with Crippen molar-refractivity contribution < 1.29 is 0 Å². The van der Waals surface area contributed by atoms with Crippen molar-refractivity contribution >= 4 is 10.9 Å². The second-order valence-electron chi connectivity index (χ2n) is 5.60. The molecule has 2 heteroatoms. The Balaban J connectivity index is 1.80. The predicted molar refractivity (Wildman–Crippen MR) is 95.1 cm³/mol. The Labute approximate surface area is 135 Å². The van der Waals surface area contributed by atoms with Crippen LogP contribution in [-0.2, 0) is 0 Å². The first kappa shape index (κ1) is 13.6. The lowest BCUT2D eigenvalue weighted by atomic mass is 9.98. The average molecular weight is 296 g/mol. The monoisotopic (exact) mass is 296 g/mol. The minimum Gasteiger partial charge on any atom is -0.241 e. The summed E-state index contributed by atoms with van der Waals surface area (Å²) in [4.78, 5) is 8.86. The first-order valence-electron chi connectivity index (χ1n) is 7.69. The molecule has 0 saturated heterocycles. The summed E-state index contributed by atoms with van der Waals surface area (Å²) in [6.07, 6.45) is 1.91. The summed E-state index contributed by atoms with van der Waals surface area (Å²) < 4.78 is 0. The molecule has 3 aromatic carbocycles. The Morgan fingerprint density at radius 2 is 1.35 bits per heavy atom. The van der Waals surface area contributed by atoms with Crippen molar-refractivity contribution in [3.63, 3.8) is 0 Å². The molecule has 0 spiro atoms. The van der Waals surface area contributed by atoms with Crippen molar-refractivity contribution in [2.45, 2.75) is 6.92 Å². The fourth-order valence-electron chi connectivity index (χ4n) is 2.87. The molecule has 4 rings (SSSR count). The third-order valence-corrected chi connectivity index (χ3v) is 4.05. The van der Waals surface area contributed by atoms with Crippen LogP contribution in [0.5, 0.6) is 0 Å². The van der Waals surface area contributed by atoms with Gasteiger partial charge in [-0.15, -0.1) is 0 Å². The summed E-state index contributed by atoms with van der Waals surface area (Å²) in [5, 5.41) is 1.09. The molecule has 110 valence electrons. The van der Waals surface area contributed by atoms with Crippen LogP contribution < -0.4 is 0 Å². The molecule has 0 unspecified atom stereocenters. The van der Waals surface area contributed by atoms with E-state index in [4.69, 9.17) is 0 Å². The van der Waals surface area contributed by atoms with Gasteiger partial charge < -0.3 is 0 Å². The zero-order valence-electron chi connectivity index (χ0n) is 12.9. The molecule has 0 saturated carbocycles. The van der Waals surface area contributed by atoms with Crippen molar-refractivity contribution in [2.75, 3.05) is 0 Å². The second kappa shape index (κ2) is 5.65. The van der Waals surface area contributed by atoms with E-state index in [-0.39, 0.29) is 0 Å². The van der Waals surface area contributed by atoms with Gasteiger partial charge in [0.15, 0.2) is 0 Å². The summed E-state index contributed by atoms with van der Waals surface area (Å²) in [6, 6.07) is 25.3. The molecule has 0 aliphatic carbocycles. The summed E-state index contributed by atoms with van der Waals surface area (Å²) in [7, 11) is 0. The fraction of sp³-hybridized carbons (Fsp3) is 0.0476. The van der Waals surface area contributed by atoms with Crippen LogP contribution in [0.2, 0.25) is 0 Å². The molecule has 2 nitrogen and oxygen atoms in total. The van der Waals surface area contributed by atoms with E-state index >= 15 is 0 Å². The van der Waals surface area contributed by atoms with Crippen molar-refractivity contribution in [3.8, 4) is 22.3 Å². The third-order valence-electron chi connectivity index (χ3n) is 4.05. The Morgan fingerprint density at radius 3 is 2.13 bits per heavy atom. The highest BCUT2D eigenvalue weighted by Gasteiger charge is 2.06. The molecule has 1 heterocycles. The van der Waals surface area contributed by atoms with Gasteiger partial charge in [-0.05, 0) is 35.2 Å². The van der Waals surface area contributed by atoms with E-state index in [1.54, 1.807) is 0 Å². The van der Waals surface area contributed by atoms with Crippen LogP contribution in [0.1, 0.15) is 5.82 Å². The first-order chi connectivity index (χ1) is 11.3. The number of rotatable bonds is 2. The molecule has 0 N–H and O–H groups in total. The van der Waals surface area contributed by atoms with Crippen molar-refractivity contribution in [1.29, 1.82) is 0 Å². The number of aromatic nitrogens is 2. The fourth-order valence-corrected chi connectivity index (χ4v) is 2.87. The van der Waals surface area contributed by atoms with Crippen LogP contribution in [0.3, 0.4) is 0 Å². The number of nitrogens with zero attached hydrogens (tertiary/aromatic N) is 2. The van der Waals surface area contributed by atoms with E-state index < -0.39 is 0 Å². The SMILES string of the molecule is Cc1ncc2c(-c3ccc(-c4ccccc4)cc3)cccc2n1. The Kier molecular flexibility index (Phi) is 3.35. The minimum atomic E-state index is 0.800. The number of benzene rings is 3. The summed E-state index contributed by atoms with van der Waals surface area (Å²) in [5.74, 6) is 0.800. The van der Waals surface area contributed by atoms with Gasteiger partial charge in [0.2, 0.25) is 0 Å². The molecule has 0 amide bonds. The van der Waals surface area contributed by atoms with Crippen LogP contribution in [0, 0.1) is 6.92 Å². The molecular formula is C21H16N2. The second-order valence-corrected chi connectivity index (χ2v) is 5.60. The quantitative estimate of drug-likeness (QED) is 0.503. The van der Waals surface area contributed by atoms with Gasteiger partial charge in [-0.1, -0.05) is 66.7 Å². The maximum absolute atomic E-state index is 4.52. The first-order valence-corrected chi connectivity index (χ1v) is 7.69. The van der Waals surface area contributed by atoms with Gasteiger partial charge >= 0.3 is 0 Å². The third kappa shape index (κ3) is 2.59. The highest BCUT2D eigenvalue weighted by Crippen LogP contribution is 2.29. The van der Waals surface area contributed by atoms with Crippen LogP contribution in [0.15, 0.2) is 79.0 Å².